The minimum atomic E-state index is -2.35. The predicted octanol–water partition coefficient (Wildman–Crippen LogP) is 0.902. The highest BCUT2D eigenvalue weighted by atomic mass is 32.2. The molecule has 0 aliphatic heterocycles. The standard InChI is InChI=1S/C9H18N2O2S/c1-3-14(2,13)11-8(12)9(10)6-4-5-7-9/h3-7,10H2,1-2H3. The van der Waals surface area contributed by atoms with Crippen molar-refractivity contribution >= 4 is 15.6 Å². The van der Waals surface area contributed by atoms with Crippen LogP contribution in [0.2, 0.25) is 0 Å². The van der Waals surface area contributed by atoms with E-state index in [1.807, 2.05) is 0 Å². The second kappa shape index (κ2) is 3.98. The SMILES string of the molecule is CCS(C)(=O)=NC(=O)C1(N)CCCC1. The Balaban J connectivity index is 2.86. The van der Waals surface area contributed by atoms with Gasteiger partial charge in [0.2, 0.25) is 0 Å². The minimum Gasteiger partial charge on any atom is -0.317 e. The average molecular weight is 218 g/mol. The normalized spacial score (nSPS) is 24.2. The number of amides is 1. The van der Waals surface area contributed by atoms with Crippen molar-refractivity contribution in [3.63, 3.8) is 0 Å². The van der Waals surface area contributed by atoms with E-state index in [1.165, 1.54) is 6.26 Å². The van der Waals surface area contributed by atoms with E-state index in [4.69, 9.17) is 5.73 Å². The Bertz CT molecular complexity index is 337. The molecular formula is C9H18N2O2S. The van der Waals surface area contributed by atoms with Crippen molar-refractivity contribution in [2.45, 2.75) is 38.1 Å². The van der Waals surface area contributed by atoms with E-state index in [0.717, 1.165) is 12.8 Å². The smallest absolute Gasteiger partial charge is 0.273 e. The molecule has 1 rings (SSSR count). The van der Waals surface area contributed by atoms with Gasteiger partial charge in [-0.15, -0.1) is 0 Å². The van der Waals surface area contributed by atoms with Crippen LogP contribution in [0.1, 0.15) is 32.6 Å². The zero-order valence-electron chi connectivity index (χ0n) is 8.78. The van der Waals surface area contributed by atoms with Crippen LogP contribution < -0.4 is 5.73 Å². The number of nitrogens with zero attached hydrogens (tertiary/aromatic N) is 1. The maximum Gasteiger partial charge on any atom is 0.273 e. The molecule has 1 aliphatic rings. The third-order valence-corrected chi connectivity index (χ3v) is 4.36. The summed E-state index contributed by atoms with van der Waals surface area (Å²) in [6.07, 6.45) is 4.79. The molecule has 82 valence electrons. The van der Waals surface area contributed by atoms with Crippen LogP contribution in [0.15, 0.2) is 4.36 Å². The molecule has 0 aromatic rings. The Kier molecular flexibility index (Phi) is 3.32. The largest absolute Gasteiger partial charge is 0.317 e. The van der Waals surface area contributed by atoms with Gasteiger partial charge in [-0.2, -0.15) is 4.36 Å². The van der Waals surface area contributed by atoms with Crippen molar-refractivity contribution in [1.82, 2.24) is 0 Å². The molecule has 0 bridgehead atoms. The molecular weight excluding hydrogens is 200 g/mol. The van der Waals surface area contributed by atoms with Crippen molar-refractivity contribution in [2.75, 3.05) is 12.0 Å². The summed E-state index contributed by atoms with van der Waals surface area (Å²) in [7, 11) is -2.35. The van der Waals surface area contributed by atoms with Gasteiger partial charge in [-0.3, -0.25) is 4.79 Å². The molecule has 1 amide bonds. The maximum absolute atomic E-state index is 11.7. The summed E-state index contributed by atoms with van der Waals surface area (Å²) in [4.78, 5) is 11.7. The first-order valence-corrected chi connectivity index (χ1v) is 7.02. The van der Waals surface area contributed by atoms with Crippen LogP contribution in [0.3, 0.4) is 0 Å². The number of carbonyl (C=O) groups excluding carboxylic acids is 1. The Morgan fingerprint density at radius 1 is 1.50 bits per heavy atom. The average Bonchev–Trinajstić information content (AvgIpc) is 2.53. The Morgan fingerprint density at radius 2 is 2.00 bits per heavy atom. The second-order valence-corrected chi connectivity index (χ2v) is 6.69. The first kappa shape index (κ1) is 11.7. The summed E-state index contributed by atoms with van der Waals surface area (Å²) in [6.45, 7) is 1.76. The van der Waals surface area contributed by atoms with Crippen molar-refractivity contribution < 1.29 is 9.00 Å². The summed E-state index contributed by atoms with van der Waals surface area (Å²) in [6, 6.07) is 0. The molecule has 1 atom stereocenters. The fraction of sp³-hybridized carbons (Fsp3) is 0.889. The highest BCUT2D eigenvalue weighted by molar-refractivity contribution is 7.93. The quantitative estimate of drug-likeness (QED) is 0.748. The number of carbonyl (C=O) groups is 1. The molecule has 0 aromatic heterocycles. The number of hydrogen-bond acceptors (Lipinski definition) is 3. The molecule has 2 N–H and O–H groups in total. The minimum absolute atomic E-state index is 0.371. The van der Waals surface area contributed by atoms with Crippen LogP contribution in [0.4, 0.5) is 0 Å². The van der Waals surface area contributed by atoms with E-state index in [2.05, 4.69) is 4.36 Å². The van der Waals surface area contributed by atoms with Gasteiger partial charge >= 0.3 is 0 Å². The molecule has 1 saturated carbocycles. The van der Waals surface area contributed by atoms with Crippen LogP contribution in [0.25, 0.3) is 0 Å². The third kappa shape index (κ3) is 2.54. The molecule has 0 heterocycles. The van der Waals surface area contributed by atoms with Crippen molar-refractivity contribution in [3.05, 3.63) is 0 Å². The monoisotopic (exact) mass is 218 g/mol. The second-order valence-electron chi connectivity index (χ2n) is 4.01. The van der Waals surface area contributed by atoms with E-state index < -0.39 is 15.3 Å². The number of nitrogens with two attached hydrogens (primary N) is 1. The lowest BCUT2D eigenvalue weighted by Gasteiger charge is -2.18. The van der Waals surface area contributed by atoms with Gasteiger partial charge in [0.25, 0.3) is 5.91 Å². The lowest BCUT2D eigenvalue weighted by Crippen LogP contribution is -2.44. The molecule has 1 aliphatic carbocycles. The fourth-order valence-electron chi connectivity index (χ4n) is 1.55. The lowest BCUT2D eigenvalue weighted by atomic mass is 9.99. The summed E-state index contributed by atoms with van der Waals surface area (Å²) >= 11 is 0. The van der Waals surface area contributed by atoms with E-state index in [1.54, 1.807) is 6.92 Å². The van der Waals surface area contributed by atoms with Gasteiger partial charge in [0.15, 0.2) is 0 Å². The van der Waals surface area contributed by atoms with Crippen LogP contribution >= 0.6 is 0 Å². The third-order valence-electron chi connectivity index (χ3n) is 2.73. The van der Waals surface area contributed by atoms with E-state index >= 15 is 0 Å². The zero-order chi connectivity index (χ0) is 10.8. The van der Waals surface area contributed by atoms with Crippen molar-refractivity contribution in [3.8, 4) is 0 Å². The fourth-order valence-corrected chi connectivity index (χ4v) is 2.21. The van der Waals surface area contributed by atoms with Gasteiger partial charge in [0, 0.05) is 12.0 Å². The van der Waals surface area contributed by atoms with Crippen LogP contribution in [0.5, 0.6) is 0 Å². The van der Waals surface area contributed by atoms with E-state index in [-0.39, 0.29) is 5.91 Å². The first-order chi connectivity index (χ1) is 6.40. The summed E-state index contributed by atoms with van der Waals surface area (Å²) in [5, 5.41) is 0. The summed E-state index contributed by atoms with van der Waals surface area (Å²) in [5.41, 5.74) is 5.07. The highest BCUT2D eigenvalue weighted by Gasteiger charge is 2.37. The van der Waals surface area contributed by atoms with Gasteiger partial charge < -0.3 is 5.73 Å². The molecule has 14 heavy (non-hydrogen) atoms. The van der Waals surface area contributed by atoms with Crippen molar-refractivity contribution in [1.29, 1.82) is 0 Å². The molecule has 4 nitrogen and oxygen atoms in total. The van der Waals surface area contributed by atoms with Crippen LogP contribution in [-0.2, 0) is 14.5 Å². The van der Waals surface area contributed by atoms with Gasteiger partial charge in [0.1, 0.15) is 0 Å². The van der Waals surface area contributed by atoms with Crippen LogP contribution in [0, 0.1) is 0 Å². The summed E-state index contributed by atoms with van der Waals surface area (Å²) in [5.74, 6) is 0.0267. The predicted molar refractivity (Wildman–Crippen MR) is 57.4 cm³/mol. The van der Waals surface area contributed by atoms with Gasteiger partial charge in [-0.25, -0.2) is 4.21 Å². The molecule has 0 spiro atoms. The van der Waals surface area contributed by atoms with Gasteiger partial charge in [-0.05, 0) is 12.8 Å². The Morgan fingerprint density at radius 3 is 2.43 bits per heavy atom. The zero-order valence-corrected chi connectivity index (χ0v) is 9.60. The number of hydrogen-bond donors (Lipinski definition) is 1. The first-order valence-electron chi connectivity index (χ1n) is 4.93. The molecule has 0 radical (unpaired) electrons. The van der Waals surface area contributed by atoms with Gasteiger partial charge in [-0.1, -0.05) is 19.8 Å². The lowest BCUT2D eigenvalue weighted by molar-refractivity contribution is -0.122. The summed E-state index contributed by atoms with van der Waals surface area (Å²) < 4.78 is 15.4. The van der Waals surface area contributed by atoms with Gasteiger partial charge in [0.05, 0.1) is 15.3 Å². The Hall–Kier alpha value is -0.420. The van der Waals surface area contributed by atoms with E-state index in [9.17, 15) is 9.00 Å². The van der Waals surface area contributed by atoms with E-state index in [0.29, 0.717) is 18.6 Å². The highest BCUT2D eigenvalue weighted by Crippen LogP contribution is 2.28. The molecule has 1 fully saturated rings. The maximum atomic E-state index is 11.7. The number of rotatable bonds is 2. The van der Waals surface area contributed by atoms with Crippen LogP contribution in [-0.4, -0.2) is 27.7 Å². The topological polar surface area (TPSA) is 72.5 Å². The molecule has 1 unspecified atom stereocenters. The Labute approximate surface area is 85.4 Å². The molecule has 5 heteroatoms. The molecule has 0 saturated heterocycles. The van der Waals surface area contributed by atoms with Crippen molar-refractivity contribution in [2.24, 2.45) is 10.1 Å². The molecule has 0 aromatic carbocycles.